The molecular formula is C19H33IN6O. The van der Waals surface area contributed by atoms with E-state index < -0.39 is 0 Å². The highest BCUT2D eigenvalue weighted by molar-refractivity contribution is 14.0. The first kappa shape index (κ1) is 23.5. The zero-order valence-corrected chi connectivity index (χ0v) is 19.7. The van der Waals surface area contributed by atoms with Crippen LogP contribution in [0.25, 0.3) is 0 Å². The first-order valence-electron chi connectivity index (χ1n) is 9.53. The van der Waals surface area contributed by atoms with E-state index in [-0.39, 0.29) is 24.0 Å². The van der Waals surface area contributed by atoms with Crippen molar-refractivity contribution >= 4 is 29.9 Å². The summed E-state index contributed by atoms with van der Waals surface area (Å²) in [5.74, 6) is 1.71. The predicted octanol–water partition coefficient (Wildman–Crippen LogP) is 3.14. The number of guanidine groups is 1. The van der Waals surface area contributed by atoms with Crippen LogP contribution in [0.1, 0.15) is 61.7 Å². The van der Waals surface area contributed by atoms with Crippen LogP contribution in [-0.2, 0) is 45.8 Å². The Morgan fingerprint density at radius 3 is 2.11 bits per heavy atom. The second-order valence-corrected chi connectivity index (χ2v) is 6.22. The van der Waals surface area contributed by atoms with Crippen LogP contribution < -0.4 is 10.6 Å². The molecule has 0 aliphatic rings. The Morgan fingerprint density at radius 1 is 0.963 bits per heavy atom. The van der Waals surface area contributed by atoms with Crippen molar-refractivity contribution in [3.63, 3.8) is 0 Å². The van der Waals surface area contributed by atoms with Crippen molar-refractivity contribution in [1.29, 1.82) is 0 Å². The lowest BCUT2D eigenvalue weighted by Gasteiger charge is -2.13. The van der Waals surface area contributed by atoms with Crippen LogP contribution in [0.5, 0.6) is 0 Å². The van der Waals surface area contributed by atoms with Gasteiger partial charge in [0.1, 0.15) is 5.76 Å². The van der Waals surface area contributed by atoms with E-state index in [4.69, 9.17) is 4.52 Å². The molecule has 0 saturated carbocycles. The number of aromatic nitrogens is 3. The molecule has 0 radical (unpaired) electrons. The number of hydrogen-bond donors (Lipinski definition) is 2. The van der Waals surface area contributed by atoms with Crippen LogP contribution >= 0.6 is 24.0 Å². The van der Waals surface area contributed by atoms with Gasteiger partial charge in [-0.25, -0.2) is 0 Å². The summed E-state index contributed by atoms with van der Waals surface area (Å²) in [5, 5.41) is 15.6. The zero-order valence-electron chi connectivity index (χ0n) is 17.3. The molecule has 0 aromatic carbocycles. The maximum absolute atomic E-state index is 5.43. The molecule has 2 rings (SSSR count). The zero-order chi connectivity index (χ0) is 19.1. The molecule has 0 unspecified atom stereocenters. The van der Waals surface area contributed by atoms with Gasteiger partial charge in [-0.2, -0.15) is 5.10 Å². The lowest BCUT2D eigenvalue weighted by atomic mass is 10.1. The van der Waals surface area contributed by atoms with Gasteiger partial charge in [-0.15, -0.1) is 24.0 Å². The van der Waals surface area contributed by atoms with Gasteiger partial charge < -0.3 is 15.2 Å². The third-order valence-corrected chi connectivity index (χ3v) is 4.72. The summed E-state index contributed by atoms with van der Waals surface area (Å²) in [7, 11) is 3.80. The van der Waals surface area contributed by atoms with Crippen LogP contribution in [0.4, 0.5) is 0 Å². The van der Waals surface area contributed by atoms with Gasteiger partial charge >= 0.3 is 0 Å². The molecule has 0 bridgehead atoms. The molecule has 8 heteroatoms. The number of aliphatic imine (C=N–C) groups is 1. The fourth-order valence-corrected chi connectivity index (χ4v) is 3.30. The molecule has 0 saturated heterocycles. The van der Waals surface area contributed by atoms with Crippen molar-refractivity contribution in [3.8, 4) is 0 Å². The Balaban J connectivity index is 0.00000364. The van der Waals surface area contributed by atoms with Crippen molar-refractivity contribution in [3.05, 3.63) is 34.0 Å². The molecule has 2 aromatic heterocycles. The largest absolute Gasteiger partial charge is 0.361 e. The number of nitrogens with zero attached hydrogens (tertiary/aromatic N) is 4. The Morgan fingerprint density at radius 2 is 1.59 bits per heavy atom. The lowest BCUT2D eigenvalue weighted by molar-refractivity contribution is 0.380. The standard InChI is InChI=1S/C19H32N6O.HI/c1-7-15-13(17(9-3)25(6)23-15)11-21-19(20-5)22-12-14-16(8-2)24-26-18(14)10-4;/h7-12H2,1-6H3,(H2,20,21,22);1H. The maximum Gasteiger partial charge on any atom is 0.191 e. The van der Waals surface area contributed by atoms with E-state index in [9.17, 15) is 0 Å². The van der Waals surface area contributed by atoms with Crippen molar-refractivity contribution in [1.82, 2.24) is 25.6 Å². The minimum atomic E-state index is 0. The van der Waals surface area contributed by atoms with Crippen LogP contribution in [-0.4, -0.2) is 27.9 Å². The highest BCUT2D eigenvalue weighted by Gasteiger charge is 2.15. The highest BCUT2D eigenvalue weighted by atomic mass is 127. The molecule has 27 heavy (non-hydrogen) atoms. The van der Waals surface area contributed by atoms with Gasteiger partial charge in [-0.1, -0.05) is 32.9 Å². The van der Waals surface area contributed by atoms with E-state index in [1.807, 2.05) is 11.7 Å². The van der Waals surface area contributed by atoms with Crippen LogP contribution in [0.2, 0.25) is 0 Å². The molecule has 0 spiro atoms. The summed E-state index contributed by atoms with van der Waals surface area (Å²) in [4.78, 5) is 4.35. The summed E-state index contributed by atoms with van der Waals surface area (Å²) in [6.07, 6.45) is 3.59. The third-order valence-electron chi connectivity index (χ3n) is 4.72. The number of aryl methyl sites for hydroxylation is 4. The van der Waals surface area contributed by atoms with E-state index in [2.05, 4.69) is 53.6 Å². The molecular weight excluding hydrogens is 455 g/mol. The summed E-state index contributed by atoms with van der Waals surface area (Å²) in [5.41, 5.74) is 5.84. The average Bonchev–Trinajstić information content (AvgIpc) is 3.20. The van der Waals surface area contributed by atoms with E-state index >= 15 is 0 Å². The predicted molar refractivity (Wildman–Crippen MR) is 120 cm³/mol. The molecule has 2 N–H and O–H groups in total. The number of hydrogen-bond acceptors (Lipinski definition) is 4. The van der Waals surface area contributed by atoms with Crippen LogP contribution in [0, 0.1) is 0 Å². The van der Waals surface area contributed by atoms with Gasteiger partial charge in [0, 0.05) is 50.4 Å². The van der Waals surface area contributed by atoms with Gasteiger partial charge in [0.05, 0.1) is 11.4 Å². The molecule has 0 fully saturated rings. The maximum atomic E-state index is 5.43. The third kappa shape index (κ3) is 5.46. The van der Waals surface area contributed by atoms with Crippen molar-refractivity contribution in [2.75, 3.05) is 7.05 Å². The smallest absolute Gasteiger partial charge is 0.191 e. The molecule has 0 atom stereocenters. The summed E-state index contributed by atoms with van der Waals surface area (Å²) in [6, 6.07) is 0. The second kappa shape index (κ2) is 11.3. The van der Waals surface area contributed by atoms with E-state index in [1.165, 1.54) is 11.3 Å². The van der Waals surface area contributed by atoms with Crippen molar-refractivity contribution in [2.45, 2.75) is 66.5 Å². The lowest BCUT2D eigenvalue weighted by Crippen LogP contribution is -2.37. The number of nitrogens with one attached hydrogen (secondary N) is 2. The van der Waals surface area contributed by atoms with Crippen molar-refractivity contribution < 1.29 is 4.52 Å². The molecule has 0 aliphatic heterocycles. The fourth-order valence-electron chi connectivity index (χ4n) is 3.30. The van der Waals surface area contributed by atoms with Crippen LogP contribution in [0.3, 0.4) is 0 Å². The molecule has 152 valence electrons. The number of rotatable bonds is 8. The Bertz CT molecular complexity index is 728. The van der Waals surface area contributed by atoms with E-state index in [0.29, 0.717) is 13.1 Å². The second-order valence-electron chi connectivity index (χ2n) is 6.22. The van der Waals surface area contributed by atoms with E-state index in [1.54, 1.807) is 7.05 Å². The summed E-state index contributed by atoms with van der Waals surface area (Å²) in [6.45, 7) is 9.85. The van der Waals surface area contributed by atoms with Gasteiger partial charge in [0.25, 0.3) is 0 Å². The molecule has 0 amide bonds. The highest BCUT2D eigenvalue weighted by Crippen LogP contribution is 2.16. The fraction of sp³-hybridized carbons (Fsp3) is 0.632. The monoisotopic (exact) mass is 488 g/mol. The normalized spacial score (nSPS) is 11.4. The molecule has 0 aliphatic carbocycles. The first-order valence-corrected chi connectivity index (χ1v) is 9.53. The van der Waals surface area contributed by atoms with Gasteiger partial charge in [0.2, 0.25) is 0 Å². The first-order chi connectivity index (χ1) is 12.6. The van der Waals surface area contributed by atoms with E-state index in [0.717, 1.165) is 54.4 Å². The SMILES string of the molecule is CCc1noc(CC)c1CNC(=NC)NCc1c(CC)nn(C)c1CC.I. The summed E-state index contributed by atoms with van der Waals surface area (Å²) >= 11 is 0. The van der Waals surface area contributed by atoms with Crippen LogP contribution in [0.15, 0.2) is 9.52 Å². The molecule has 2 aromatic rings. The van der Waals surface area contributed by atoms with Crippen molar-refractivity contribution in [2.24, 2.45) is 12.0 Å². The Hall–Kier alpha value is -1.58. The number of halogens is 1. The minimum Gasteiger partial charge on any atom is -0.361 e. The Kier molecular flexibility index (Phi) is 9.82. The van der Waals surface area contributed by atoms with Gasteiger partial charge in [-0.3, -0.25) is 9.67 Å². The molecule has 2 heterocycles. The molecule has 7 nitrogen and oxygen atoms in total. The van der Waals surface area contributed by atoms with Gasteiger partial charge in [0.15, 0.2) is 5.96 Å². The summed E-state index contributed by atoms with van der Waals surface area (Å²) < 4.78 is 7.42. The average molecular weight is 488 g/mol. The minimum absolute atomic E-state index is 0. The van der Waals surface area contributed by atoms with Gasteiger partial charge in [-0.05, 0) is 19.3 Å². The quantitative estimate of drug-likeness (QED) is 0.339. The Labute approximate surface area is 179 Å². The topological polar surface area (TPSA) is 80.3 Å².